The van der Waals surface area contributed by atoms with Crippen molar-refractivity contribution in [3.8, 4) is 0 Å². The summed E-state index contributed by atoms with van der Waals surface area (Å²) in [6.45, 7) is 10.2. The number of benzene rings is 1. The predicted molar refractivity (Wildman–Crippen MR) is 102 cm³/mol. The first-order chi connectivity index (χ1) is 11.9. The molecule has 1 aliphatic rings. The summed E-state index contributed by atoms with van der Waals surface area (Å²) in [5, 5.41) is 9.02. The summed E-state index contributed by atoms with van der Waals surface area (Å²) in [6, 6.07) is 4.09. The topological polar surface area (TPSA) is 70.2 Å². The Morgan fingerprint density at radius 1 is 1.12 bits per heavy atom. The summed E-state index contributed by atoms with van der Waals surface area (Å²) in [7, 11) is 0. The number of carbonyl (C=O) groups is 2. The number of nitrogens with one attached hydrogen (secondary N) is 3. The highest BCUT2D eigenvalue weighted by Crippen LogP contribution is 2.24. The number of hydrogen-bond donors (Lipinski definition) is 3. The van der Waals surface area contributed by atoms with E-state index in [1.165, 1.54) is 5.56 Å². The highest BCUT2D eigenvalue weighted by atomic mass is 16.2. The Morgan fingerprint density at radius 3 is 2.32 bits per heavy atom. The average molecular weight is 345 g/mol. The molecule has 0 radical (unpaired) electrons. The molecule has 0 spiro atoms. The second-order valence-electron chi connectivity index (χ2n) is 7.37. The first kappa shape index (κ1) is 19.4. The van der Waals surface area contributed by atoms with Gasteiger partial charge in [-0.05, 0) is 69.7 Å². The van der Waals surface area contributed by atoms with Crippen LogP contribution in [0, 0.1) is 32.6 Å². The van der Waals surface area contributed by atoms with Crippen LogP contribution in [0.3, 0.4) is 0 Å². The van der Waals surface area contributed by atoms with Gasteiger partial charge >= 0.3 is 0 Å². The number of hydrogen-bond acceptors (Lipinski definition) is 3. The van der Waals surface area contributed by atoms with Gasteiger partial charge in [0.05, 0.1) is 6.54 Å². The standard InChI is InChI=1S/C20H31N3O2/c1-13-9-15(3)20(16(4)10-13)23-19(25)12-22-18(24)11-14(2)17-5-7-21-8-6-17/h9-10,14,17,21H,5-8,11-12H2,1-4H3,(H,22,24)(H,23,25). The molecule has 5 nitrogen and oxygen atoms in total. The molecule has 0 bridgehead atoms. The molecule has 0 aliphatic carbocycles. The summed E-state index contributed by atoms with van der Waals surface area (Å²) < 4.78 is 0. The molecule has 2 amide bonds. The van der Waals surface area contributed by atoms with Gasteiger partial charge in [-0.15, -0.1) is 0 Å². The van der Waals surface area contributed by atoms with Crippen LogP contribution in [0.15, 0.2) is 12.1 Å². The SMILES string of the molecule is Cc1cc(C)c(NC(=O)CNC(=O)CC(C)C2CCNCC2)c(C)c1. The molecular formula is C20H31N3O2. The summed E-state index contributed by atoms with van der Waals surface area (Å²) >= 11 is 0. The zero-order chi connectivity index (χ0) is 18.4. The third-order valence-corrected chi connectivity index (χ3v) is 5.08. The summed E-state index contributed by atoms with van der Waals surface area (Å²) in [4.78, 5) is 24.3. The largest absolute Gasteiger partial charge is 0.347 e. The zero-order valence-electron chi connectivity index (χ0n) is 15.9. The Morgan fingerprint density at radius 2 is 1.72 bits per heavy atom. The number of aryl methyl sites for hydroxylation is 3. The summed E-state index contributed by atoms with van der Waals surface area (Å²) in [5.74, 6) is 0.724. The Balaban J connectivity index is 1.78. The molecule has 1 fully saturated rings. The number of anilines is 1. The van der Waals surface area contributed by atoms with Gasteiger partial charge in [0, 0.05) is 12.1 Å². The monoisotopic (exact) mass is 345 g/mol. The van der Waals surface area contributed by atoms with Crippen LogP contribution in [-0.4, -0.2) is 31.4 Å². The van der Waals surface area contributed by atoms with Crippen molar-refractivity contribution in [3.05, 3.63) is 28.8 Å². The molecule has 1 atom stereocenters. The van der Waals surface area contributed by atoms with Crippen molar-refractivity contribution in [1.82, 2.24) is 10.6 Å². The molecule has 25 heavy (non-hydrogen) atoms. The highest BCUT2D eigenvalue weighted by Gasteiger charge is 2.22. The van der Waals surface area contributed by atoms with Crippen LogP contribution in [-0.2, 0) is 9.59 Å². The Labute approximate surface area is 151 Å². The Bertz CT molecular complexity index is 598. The highest BCUT2D eigenvalue weighted by molar-refractivity contribution is 5.95. The Kier molecular flexibility index (Phi) is 7.00. The molecule has 1 aromatic carbocycles. The van der Waals surface area contributed by atoms with E-state index in [9.17, 15) is 9.59 Å². The van der Waals surface area contributed by atoms with Gasteiger partial charge in [-0.3, -0.25) is 9.59 Å². The first-order valence-electron chi connectivity index (χ1n) is 9.22. The van der Waals surface area contributed by atoms with E-state index >= 15 is 0 Å². The quantitative estimate of drug-likeness (QED) is 0.742. The molecule has 1 aliphatic heterocycles. The van der Waals surface area contributed by atoms with Crippen LogP contribution in [0.4, 0.5) is 5.69 Å². The van der Waals surface area contributed by atoms with E-state index in [2.05, 4.69) is 22.9 Å². The lowest BCUT2D eigenvalue weighted by Crippen LogP contribution is -2.36. The minimum atomic E-state index is -0.182. The third kappa shape index (κ3) is 5.85. The fourth-order valence-electron chi connectivity index (χ4n) is 3.68. The van der Waals surface area contributed by atoms with Crippen molar-refractivity contribution in [2.24, 2.45) is 11.8 Å². The molecule has 1 saturated heterocycles. The molecule has 1 aromatic rings. The lowest BCUT2D eigenvalue weighted by molar-refractivity contribution is -0.125. The van der Waals surface area contributed by atoms with Crippen molar-refractivity contribution in [2.75, 3.05) is 25.0 Å². The molecule has 0 saturated carbocycles. The molecule has 1 unspecified atom stereocenters. The van der Waals surface area contributed by atoms with Crippen LogP contribution in [0.25, 0.3) is 0 Å². The van der Waals surface area contributed by atoms with Gasteiger partial charge in [0.15, 0.2) is 0 Å². The molecule has 3 N–H and O–H groups in total. The van der Waals surface area contributed by atoms with Crippen LogP contribution in [0.2, 0.25) is 0 Å². The van der Waals surface area contributed by atoms with Crippen LogP contribution >= 0.6 is 0 Å². The third-order valence-electron chi connectivity index (χ3n) is 5.08. The fourth-order valence-corrected chi connectivity index (χ4v) is 3.68. The maximum absolute atomic E-state index is 12.2. The van der Waals surface area contributed by atoms with Gasteiger partial charge in [0.25, 0.3) is 0 Å². The summed E-state index contributed by atoms with van der Waals surface area (Å²) in [6.07, 6.45) is 2.74. The lowest BCUT2D eigenvalue weighted by Gasteiger charge is -2.27. The van der Waals surface area contributed by atoms with Crippen molar-refractivity contribution in [3.63, 3.8) is 0 Å². The van der Waals surface area contributed by atoms with Crippen LogP contribution in [0.1, 0.15) is 42.9 Å². The van der Waals surface area contributed by atoms with E-state index in [0.717, 1.165) is 42.7 Å². The first-order valence-corrected chi connectivity index (χ1v) is 9.22. The Hall–Kier alpha value is -1.88. The molecule has 1 heterocycles. The van der Waals surface area contributed by atoms with Crippen molar-refractivity contribution in [1.29, 1.82) is 0 Å². The van der Waals surface area contributed by atoms with Crippen LogP contribution in [0.5, 0.6) is 0 Å². The summed E-state index contributed by atoms with van der Waals surface area (Å²) in [5.41, 5.74) is 4.09. The number of rotatable bonds is 6. The maximum Gasteiger partial charge on any atom is 0.243 e. The van der Waals surface area contributed by atoms with E-state index in [1.54, 1.807) is 0 Å². The van der Waals surface area contributed by atoms with Crippen molar-refractivity contribution in [2.45, 2.75) is 47.0 Å². The van der Waals surface area contributed by atoms with E-state index < -0.39 is 0 Å². The predicted octanol–water partition coefficient (Wildman–Crippen LogP) is 2.69. The molecule has 2 rings (SSSR count). The van der Waals surface area contributed by atoms with E-state index in [4.69, 9.17) is 0 Å². The minimum Gasteiger partial charge on any atom is -0.347 e. The van der Waals surface area contributed by atoms with Gasteiger partial charge in [0.2, 0.25) is 11.8 Å². The van der Waals surface area contributed by atoms with E-state index in [1.807, 2.05) is 32.9 Å². The number of carbonyl (C=O) groups excluding carboxylic acids is 2. The maximum atomic E-state index is 12.2. The number of piperidine rings is 1. The molecule has 0 aromatic heterocycles. The van der Waals surface area contributed by atoms with Gasteiger partial charge in [-0.25, -0.2) is 0 Å². The smallest absolute Gasteiger partial charge is 0.243 e. The van der Waals surface area contributed by atoms with E-state index in [0.29, 0.717) is 18.3 Å². The van der Waals surface area contributed by atoms with Gasteiger partial charge in [-0.1, -0.05) is 24.6 Å². The van der Waals surface area contributed by atoms with Crippen molar-refractivity contribution < 1.29 is 9.59 Å². The number of amides is 2. The normalized spacial score (nSPS) is 16.3. The fraction of sp³-hybridized carbons (Fsp3) is 0.600. The lowest BCUT2D eigenvalue weighted by atomic mass is 9.84. The van der Waals surface area contributed by atoms with Gasteiger partial charge in [-0.2, -0.15) is 0 Å². The molecular weight excluding hydrogens is 314 g/mol. The minimum absolute atomic E-state index is 0.0184. The van der Waals surface area contributed by atoms with Crippen LogP contribution < -0.4 is 16.0 Å². The average Bonchev–Trinajstić information content (AvgIpc) is 2.57. The van der Waals surface area contributed by atoms with Gasteiger partial charge in [0.1, 0.15) is 0 Å². The van der Waals surface area contributed by atoms with Gasteiger partial charge < -0.3 is 16.0 Å². The second kappa shape index (κ2) is 8.99. The second-order valence-corrected chi connectivity index (χ2v) is 7.37. The molecule has 138 valence electrons. The molecule has 5 heteroatoms. The van der Waals surface area contributed by atoms with E-state index in [-0.39, 0.29) is 18.4 Å². The van der Waals surface area contributed by atoms with Crippen molar-refractivity contribution >= 4 is 17.5 Å². The zero-order valence-corrected chi connectivity index (χ0v) is 15.9.